The van der Waals surface area contributed by atoms with Crippen molar-refractivity contribution in [1.82, 2.24) is 0 Å². The predicted octanol–water partition coefficient (Wildman–Crippen LogP) is 4.33. The second-order valence-electron chi connectivity index (χ2n) is 3.32. The zero-order valence-electron chi connectivity index (χ0n) is 8.56. The van der Waals surface area contributed by atoms with Crippen molar-refractivity contribution < 1.29 is 26.3 Å². The summed E-state index contributed by atoms with van der Waals surface area (Å²) in [5.41, 5.74) is -2.96. The molecule has 0 saturated heterocycles. The van der Waals surface area contributed by atoms with Crippen LogP contribution in [0.2, 0.25) is 0 Å². The number of aliphatic imine (C=N–C) groups is 1. The summed E-state index contributed by atoms with van der Waals surface area (Å²) in [4.78, 5) is 3.32. The molecule has 0 aliphatic carbocycles. The third-order valence-electron chi connectivity index (χ3n) is 1.97. The van der Waals surface area contributed by atoms with E-state index in [9.17, 15) is 26.3 Å². The van der Waals surface area contributed by atoms with E-state index in [0.29, 0.717) is 12.1 Å². The molecule has 0 saturated carbocycles. The van der Waals surface area contributed by atoms with E-state index in [4.69, 9.17) is 0 Å². The summed E-state index contributed by atoms with van der Waals surface area (Å²) in [6.45, 7) is -0.378. The van der Waals surface area contributed by atoms with Gasteiger partial charge < -0.3 is 0 Å². The van der Waals surface area contributed by atoms with Gasteiger partial charge in [-0.05, 0) is 36.0 Å². The highest BCUT2D eigenvalue weighted by atomic mass is 32.1. The minimum absolute atomic E-state index is 0.0601. The van der Waals surface area contributed by atoms with Crippen LogP contribution in [0.3, 0.4) is 0 Å². The van der Waals surface area contributed by atoms with Crippen LogP contribution in [0.25, 0.3) is 0 Å². The van der Waals surface area contributed by atoms with Gasteiger partial charge in [-0.15, -0.1) is 0 Å². The molecule has 18 heavy (non-hydrogen) atoms. The summed E-state index contributed by atoms with van der Waals surface area (Å²) in [5, 5.41) is 1.88. The number of isothiocyanates is 1. The lowest BCUT2D eigenvalue weighted by Gasteiger charge is -2.13. The first kappa shape index (κ1) is 14.7. The molecule has 0 aliphatic heterocycles. The Bertz CT molecular complexity index is 452. The minimum atomic E-state index is -4.85. The first-order chi connectivity index (χ1) is 8.14. The van der Waals surface area contributed by atoms with Gasteiger partial charge >= 0.3 is 12.4 Å². The molecule has 0 spiro atoms. The average molecular weight is 285 g/mol. The van der Waals surface area contributed by atoms with Crippen molar-refractivity contribution in [2.75, 3.05) is 0 Å². The molecular weight excluding hydrogens is 280 g/mol. The molecule has 0 fully saturated rings. The number of nitrogens with zero attached hydrogens (tertiary/aromatic N) is 1. The van der Waals surface area contributed by atoms with Gasteiger partial charge in [-0.25, -0.2) is 4.99 Å². The van der Waals surface area contributed by atoms with E-state index >= 15 is 0 Å². The number of thiocarbonyl (C=S) groups is 1. The average Bonchev–Trinajstić information content (AvgIpc) is 2.23. The first-order valence-electron chi connectivity index (χ1n) is 4.46. The van der Waals surface area contributed by atoms with Gasteiger partial charge in [-0.1, -0.05) is 0 Å². The van der Waals surface area contributed by atoms with Crippen LogP contribution < -0.4 is 0 Å². The highest BCUT2D eigenvalue weighted by molar-refractivity contribution is 7.78. The summed E-state index contributed by atoms with van der Waals surface area (Å²) in [7, 11) is 0. The van der Waals surface area contributed by atoms with Crippen LogP contribution in [0.15, 0.2) is 23.2 Å². The van der Waals surface area contributed by atoms with E-state index in [1.807, 2.05) is 5.16 Å². The molecule has 0 radical (unpaired) electrons. The van der Waals surface area contributed by atoms with Gasteiger partial charge in [-0.2, -0.15) is 26.3 Å². The van der Waals surface area contributed by atoms with E-state index in [-0.39, 0.29) is 18.2 Å². The lowest BCUT2D eigenvalue weighted by Crippen LogP contribution is -2.11. The van der Waals surface area contributed by atoms with Gasteiger partial charge in [0.25, 0.3) is 0 Å². The Morgan fingerprint density at radius 2 is 1.39 bits per heavy atom. The van der Waals surface area contributed by atoms with E-state index < -0.39 is 23.5 Å². The molecule has 1 rings (SSSR count). The van der Waals surface area contributed by atoms with Gasteiger partial charge in [0.05, 0.1) is 22.8 Å². The summed E-state index contributed by atoms with van der Waals surface area (Å²) >= 11 is 4.20. The number of hydrogen-bond donors (Lipinski definition) is 0. The monoisotopic (exact) mass is 285 g/mol. The fraction of sp³-hybridized carbons (Fsp3) is 0.300. The minimum Gasteiger partial charge on any atom is -0.228 e. The van der Waals surface area contributed by atoms with Crippen molar-refractivity contribution in [2.45, 2.75) is 18.9 Å². The number of benzene rings is 1. The number of halogens is 6. The van der Waals surface area contributed by atoms with Crippen molar-refractivity contribution in [1.29, 1.82) is 0 Å². The third kappa shape index (κ3) is 3.82. The molecule has 0 bridgehead atoms. The van der Waals surface area contributed by atoms with Gasteiger partial charge in [0, 0.05) is 0 Å². The molecular formula is C10H5F6NS. The molecule has 0 heterocycles. The Balaban J connectivity index is 3.33. The standard InChI is InChI=1S/C10H5F6NS/c11-9(12,13)7-1-6(4-17-5-18)2-8(3-7)10(14,15)16/h1-3H,4H2. The Hall–Kier alpha value is -1.40. The fourth-order valence-corrected chi connectivity index (χ4v) is 1.30. The summed E-state index contributed by atoms with van der Waals surface area (Å²) in [6.07, 6.45) is -9.70. The van der Waals surface area contributed by atoms with Crippen LogP contribution in [-0.2, 0) is 18.9 Å². The quantitative estimate of drug-likeness (QED) is 0.447. The van der Waals surface area contributed by atoms with Crippen LogP contribution in [0.5, 0.6) is 0 Å². The first-order valence-corrected chi connectivity index (χ1v) is 4.87. The molecule has 0 amide bonds. The number of hydrogen-bond acceptors (Lipinski definition) is 2. The van der Waals surface area contributed by atoms with Crippen LogP contribution in [0.1, 0.15) is 16.7 Å². The lowest BCUT2D eigenvalue weighted by atomic mass is 10.0. The van der Waals surface area contributed by atoms with Crippen LogP contribution in [0, 0.1) is 0 Å². The zero-order valence-corrected chi connectivity index (χ0v) is 9.38. The van der Waals surface area contributed by atoms with E-state index in [0.717, 1.165) is 0 Å². The van der Waals surface area contributed by atoms with Gasteiger partial charge in [0.1, 0.15) is 0 Å². The number of rotatable bonds is 2. The van der Waals surface area contributed by atoms with Gasteiger partial charge in [0.15, 0.2) is 0 Å². The van der Waals surface area contributed by atoms with E-state index in [1.165, 1.54) is 0 Å². The van der Waals surface area contributed by atoms with Crippen LogP contribution in [-0.4, -0.2) is 5.16 Å². The Morgan fingerprint density at radius 3 is 1.72 bits per heavy atom. The highest BCUT2D eigenvalue weighted by Gasteiger charge is 2.36. The molecule has 0 aliphatic rings. The van der Waals surface area contributed by atoms with Crippen molar-refractivity contribution >= 4 is 17.4 Å². The van der Waals surface area contributed by atoms with Crippen LogP contribution in [0.4, 0.5) is 26.3 Å². The molecule has 0 aromatic heterocycles. The molecule has 0 unspecified atom stereocenters. The fourth-order valence-electron chi connectivity index (χ4n) is 1.23. The van der Waals surface area contributed by atoms with E-state index in [2.05, 4.69) is 17.2 Å². The maximum absolute atomic E-state index is 12.4. The van der Waals surface area contributed by atoms with E-state index in [1.54, 1.807) is 0 Å². The molecule has 8 heteroatoms. The largest absolute Gasteiger partial charge is 0.416 e. The van der Waals surface area contributed by atoms with Crippen molar-refractivity contribution in [2.24, 2.45) is 4.99 Å². The summed E-state index contributed by atoms with van der Waals surface area (Å²) < 4.78 is 74.5. The Kier molecular flexibility index (Phi) is 4.13. The zero-order chi connectivity index (χ0) is 14.0. The Labute approximate surface area is 103 Å². The highest BCUT2D eigenvalue weighted by Crippen LogP contribution is 2.36. The molecule has 1 aromatic rings. The predicted molar refractivity (Wildman–Crippen MR) is 55.2 cm³/mol. The van der Waals surface area contributed by atoms with Gasteiger partial charge in [-0.3, -0.25) is 0 Å². The molecule has 1 nitrogen and oxygen atoms in total. The normalized spacial score (nSPS) is 12.1. The SMILES string of the molecule is FC(F)(F)c1cc(CN=C=S)cc(C(F)(F)F)c1. The smallest absolute Gasteiger partial charge is 0.228 e. The number of alkyl halides is 6. The molecule has 0 atom stereocenters. The summed E-state index contributed by atoms with van der Waals surface area (Å²) in [6, 6.07) is 1.27. The second kappa shape index (κ2) is 5.07. The van der Waals surface area contributed by atoms with Gasteiger partial charge in [0.2, 0.25) is 0 Å². The van der Waals surface area contributed by atoms with Crippen molar-refractivity contribution in [3.05, 3.63) is 34.9 Å². The van der Waals surface area contributed by atoms with Crippen molar-refractivity contribution in [3.63, 3.8) is 0 Å². The van der Waals surface area contributed by atoms with Crippen molar-refractivity contribution in [3.8, 4) is 0 Å². The van der Waals surface area contributed by atoms with Crippen LogP contribution >= 0.6 is 12.2 Å². The second-order valence-corrected chi connectivity index (χ2v) is 3.50. The molecule has 0 N–H and O–H groups in total. The lowest BCUT2D eigenvalue weighted by molar-refractivity contribution is -0.143. The molecule has 1 aromatic carbocycles. The molecule has 98 valence electrons. The maximum Gasteiger partial charge on any atom is 0.416 e. The Morgan fingerprint density at radius 1 is 0.944 bits per heavy atom. The topological polar surface area (TPSA) is 12.4 Å². The summed E-state index contributed by atoms with van der Waals surface area (Å²) in [5.74, 6) is 0. The maximum atomic E-state index is 12.4. The third-order valence-corrected chi connectivity index (χ3v) is 2.10.